The second-order valence-corrected chi connectivity index (χ2v) is 7.65. The number of carbonyl (C=O) groups excluding carboxylic acids is 1. The van der Waals surface area contributed by atoms with Gasteiger partial charge in [0.05, 0.1) is 22.9 Å². The molecule has 1 amide bonds. The molecule has 0 bridgehead atoms. The smallest absolute Gasteiger partial charge is 0.266 e. The highest BCUT2D eigenvalue weighted by atomic mass is 32.1. The Morgan fingerprint density at radius 3 is 2.70 bits per heavy atom. The molecule has 4 rings (SSSR count). The molecule has 0 spiro atoms. The minimum absolute atomic E-state index is 0.0225. The maximum absolute atomic E-state index is 12.9. The molecular weight excluding hydrogens is 369 g/mol. The Morgan fingerprint density at radius 2 is 2.04 bits per heavy atom. The summed E-state index contributed by atoms with van der Waals surface area (Å²) < 4.78 is 20.2. The number of likely N-dealkylation sites (tertiary alicyclic amines) is 1. The van der Waals surface area contributed by atoms with Crippen molar-refractivity contribution in [2.24, 2.45) is 0 Å². The number of carbonyl (C=O) groups is 1. The van der Waals surface area contributed by atoms with E-state index in [-0.39, 0.29) is 24.4 Å². The van der Waals surface area contributed by atoms with E-state index < -0.39 is 0 Å². The number of amides is 1. The lowest BCUT2D eigenvalue weighted by molar-refractivity contribution is 0.0502. The lowest BCUT2D eigenvalue weighted by atomic mass is 10.1. The van der Waals surface area contributed by atoms with Crippen LogP contribution in [0.5, 0.6) is 5.75 Å². The second kappa shape index (κ2) is 7.07. The number of hydrogen-bond acceptors (Lipinski definition) is 6. The van der Waals surface area contributed by atoms with Gasteiger partial charge in [-0.1, -0.05) is 5.21 Å². The van der Waals surface area contributed by atoms with E-state index in [1.54, 1.807) is 21.7 Å². The highest BCUT2D eigenvalue weighted by molar-refractivity contribution is 7.13. The minimum atomic E-state index is -0.305. The molecule has 1 fully saturated rings. The van der Waals surface area contributed by atoms with Gasteiger partial charge < -0.3 is 9.64 Å². The van der Waals surface area contributed by atoms with Crippen molar-refractivity contribution in [3.8, 4) is 5.75 Å². The largest absolute Gasteiger partial charge is 0.487 e. The van der Waals surface area contributed by atoms with E-state index in [1.807, 2.05) is 20.0 Å². The molecule has 27 heavy (non-hydrogen) atoms. The highest BCUT2D eigenvalue weighted by Crippen LogP contribution is 2.26. The average Bonchev–Trinajstić information content (AvgIpc) is 3.19. The molecule has 140 valence electrons. The van der Waals surface area contributed by atoms with Crippen molar-refractivity contribution in [2.45, 2.75) is 26.5 Å². The van der Waals surface area contributed by atoms with Crippen LogP contribution >= 0.6 is 11.3 Å². The fourth-order valence-corrected chi connectivity index (χ4v) is 3.80. The Labute approximate surface area is 159 Å². The molecule has 0 radical (unpaired) electrons. The zero-order valence-electron chi connectivity index (χ0n) is 14.9. The molecule has 1 aromatic carbocycles. The lowest BCUT2D eigenvalue weighted by Gasteiger charge is -2.38. The van der Waals surface area contributed by atoms with E-state index in [0.717, 1.165) is 10.7 Å². The van der Waals surface area contributed by atoms with Crippen LogP contribution in [0.1, 0.15) is 32.1 Å². The summed E-state index contributed by atoms with van der Waals surface area (Å²) in [6.45, 7) is 5.20. The zero-order chi connectivity index (χ0) is 19.0. The summed E-state index contributed by atoms with van der Waals surface area (Å²) in [4.78, 5) is 19.3. The first-order valence-electron chi connectivity index (χ1n) is 8.52. The van der Waals surface area contributed by atoms with Gasteiger partial charge in [-0.05, 0) is 38.1 Å². The van der Waals surface area contributed by atoms with Crippen LogP contribution in [0.3, 0.4) is 0 Å². The number of rotatable bonds is 5. The van der Waals surface area contributed by atoms with E-state index in [0.29, 0.717) is 29.4 Å². The predicted octanol–water partition coefficient (Wildman–Crippen LogP) is 2.77. The quantitative estimate of drug-likeness (QED) is 0.673. The third kappa shape index (κ3) is 3.68. The molecule has 0 saturated carbocycles. The number of halogens is 1. The molecule has 3 aromatic rings. The van der Waals surface area contributed by atoms with E-state index in [9.17, 15) is 9.18 Å². The van der Waals surface area contributed by atoms with Gasteiger partial charge in [0.1, 0.15) is 28.7 Å². The van der Waals surface area contributed by atoms with Crippen molar-refractivity contribution in [3.63, 3.8) is 0 Å². The number of hydrogen-bond donors (Lipinski definition) is 0. The molecule has 2 aromatic heterocycles. The van der Waals surface area contributed by atoms with Crippen LogP contribution in [-0.4, -0.2) is 43.9 Å². The van der Waals surface area contributed by atoms with Crippen molar-refractivity contribution in [1.29, 1.82) is 0 Å². The molecule has 7 nitrogen and oxygen atoms in total. The van der Waals surface area contributed by atoms with Crippen LogP contribution in [0.4, 0.5) is 4.39 Å². The van der Waals surface area contributed by atoms with Gasteiger partial charge in [0.25, 0.3) is 5.91 Å². The van der Waals surface area contributed by atoms with Gasteiger partial charge in [-0.3, -0.25) is 4.79 Å². The maximum Gasteiger partial charge on any atom is 0.266 e. The first kappa shape index (κ1) is 17.6. The van der Waals surface area contributed by atoms with Gasteiger partial charge in [-0.2, -0.15) is 0 Å². The Kier molecular flexibility index (Phi) is 4.61. The first-order chi connectivity index (χ1) is 13.0. The second-order valence-electron chi connectivity index (χ2n) is 6.44. The average molecular weight is 387 g/mol. The summed E-state index contributed by atoms with van der Waals surface area (Å²) in [6.07, 6.45) is 1.82. The fourth-order valence-electron chi connectivity index (χ4n) is 2.91. The van der Waals surface area contributed by atoms with Gasteiger partial charge in [0, 0.05) is 13.1 Å². The van der Waals surface area contributed by atoms with Gasteiger partial charge in [-0.15, -0.1) is 16.4 Å². The summed E-state index contributed by atoms with van der Waals surface area (Å²) in [6, 6.07) is 5.93. The van der Waals surface area contributed by atoms with E-state index >= 15 is 0 Å². The topological polar surface area (TPSA) is 73.1 Å². The Balaban J connectivity index is 1.32. The van der Waals surface area contributed by atoms with Crippen LogP contribution in [0, 0.1) is 19.7 Å². The SMILES string of the molecule is Cc1nc(C)c(C(=O)N2CC(n3cc(COc4ccc(F)cc4)nn3)C2)s1. The Morgan fingerprint density at radius 1 is 1.30 bits per heavy atom. The number of aryl methyl sites for hydroxylation is 2. The van der Waals surface area contributed by atoms with Crippen molar-refractivity contribution >= 4 is 17.2 Å². The van der Waals surface area contributed by atoms with Crippen LogP contribution < -0.4 is 4.74 Å². The summed E-state index contributed by atoms with van der Waals surface area (Å²) >= 11 is 1.43. The molecule has 0 atom stereocenters. The van der Waals surface area contributed by atoms with E-state index in [2.05, 4.69) is 15.3 Å². The predicted molar refractivity (Wildman–Crippen MR) is 97.3 cm³/mol. The Bertz CT molecular complexity index is 963. The van der Waals surface area contributed by atoms with Crippen LogP contribution in [0.2, 0.25) is 0 Å². The number of ether oxygens (including phenoxy) is 1. The van der Waals surface area contributed by atoms with Crippen molar-refractivity contribution in [1.82, 2.24) is 24.9 Å². The molecule has 0 aliphatic carbocycles. The van der Waals surface area contributed by atoms with Gasteiger partial charge in [0.15, 0.2) is 0 Å². The maximum atomic E-state index is 12.9. The standard InChI is InChI=1S/C18H18FN5O2S/c1-11-17(27-12(2)20-11)18(25)23-8-15(9-23)24-7-14(21-22-24)10-26-16-5-3-13(19)4-6-16/h3-7,15H,8-10H2,1-2H3. The highest BCUT2D eigenvalue weighted by Gasteiger charge is 2.34. The molecular formula is C18H18FN5O2S. The molecule has 0 N–H and O–H groups in total. The summed E-state index contributed by atoms with van der Waals surface area (Å²) in [5.74, 6) is 0.289. The third-order valence-electron chi connectivity index (χ3n) is 4.38. The van der Waals surface area contributed by atoms with Crippen LogP contribution in [-0.2, 0) is 6.61 Å². The first-order valence-corrected chi connectivity index (χ1v) is 9.33. The summed E-state index contributed by atoms with van der Waals surface area (Å²) in [7, 11) is 0. The molecule has 1 aliphatic rings. The van der Waals surface area contributed by atoms with Crippen molar-refractivity contribution in [2.75, 3.05) is 13.1 Å². The van der Waals surface area contributed by atoms with Crippen LogP contribution in [0.25, 0.3) is 0 Å². The Hall–Kier alpha value is -2.81. The van der Waals surface area contributed by atoms with Gasteiger partial charge >= 0.3 is 0 Å². The van der Waals surface area contributed by atoms with Gasteiger partial charge in [0.2, 0.25) is 0 Å². The minimum Gasteiger partial charge on any atom is -0.487 e. The van der Waals surface area contributed by atoms with Crippen LogP contribution in [0.15, 0.2) is 30.5 Å². The number of aromatic nitrogens is 4. The van der Waals surface area contributed by atoms with Crippen molar-refractivity contribution in [3.05, 3.63) is 57.6 Å². The number of nitrogens with zero attached hydrogens (tertiary/aromatic N) is 5. The van der Waals surface area contributed by atoms with Gasteiger partial charge in [-0.25, -0.2) is 14.1 Å². The molecule has 1 saturated heterocycles. The monoisotopic (exact) mass is 387 g/mol. The van der Waals surface area contributed by atoms with Crippen molar-refractivity contribution < 1.29 is 13.9 Å². The van der Waals surface area contributed by atoms with E-state index in [4.69, 9.17) is 4.74 Å². The zero-order valence-corrected chi connectivity index (χ0v) is 15.7. The lowest BCUT2D eigenvalue weighted by Crippen LogP contribution is -2.50. The third-order valence-corrected chi connectivity index (χ3v) is 5.44. The number of thiazole rings is 1. The number of benzene rings is 1. The molecule has 0 unspecified atom stereocenters. The normalized spacial score (nSPS) is 14.3. The van der Waals surface area contributed by atoms with E-state index in [1.165, 1.54) is 23.5 Å². The molecule has 9 heteroatoms. The molecule has 1 aliphatic heterocycles. The summed E-state index contributed by atoms with van der Waals surface area (Å²) in [5.41, 5.74) is 1.46. The summed E-state index contributed by atoms with van der Waals surface area (Å²) in [5, 5.41) is 9.13. The molecule has 3 heterocycles. The fraction of sp³-hybridized carbons (Fsp3) is 0.333.